The summed E-state index contributed by atoms with van der Waals surface area (Å²) in [7, 11) is -3.76. The van der Waals surface area contributed by atoms with Crippen molar-refractivity contribution in [2.45, 2.75) is 45.1 Å². The second-order valence-corrected chi connectivity index (χ2v) is 10.4. The molecule has 0 spiro atoms. The summed E-state index contributed by atoms with van der Waals surface area (Å²) in [6.07, 6.45) is 1.59. The van der Waals surface area contributed by atoms with Gasteiger partial charge in [-0.15, -0.1) is 0 Å². The number of amides is 1. The van der Waals surface area contributed by atoms with E-state index in [0.717, 1.165) is 12.8 Å². The Kier molecular flexibility index (Phi) is 7.86. The van der Waals surface area contributed by atoms with Crippen molar-refractivity contribution in [3.63, 3.8) is 0 Å². The molecule has 0 unspecified atom stereocenters. The largest absolute Gasteiger partial charge is 0.452 e. The number of piperidine rings is 1. The molecule has 1 amide bonds. The molecule has 3 rings (SSSR count). The van der Waals surface area contributed by atoms with E-state index in [1.165, 1.54) is 16.4 Å². The van der Waals surface area contributed by atoms with Gasteiger partial charge in [-0.05, 0) is 61.9 Å². The fraction of sp³-hybridized carbons (Fsp3) is 0.417. The molecule has 178 valence electrons. The molecular formula is C24H29FN2O5S. The summed E-state index contributed by atoms with van der Waals surface area (Å²) in [5.74, 6) is -1.36. The highest BCUT2D eigenvalue weighted by Gasteiger charge is 2.30. The molecule has 9 heteroatoms. The lowest BCUT2D eigenvalue weighted by molar-refractivity contribution is -0.124. The topological polar surface area (TPSA) is 92.8 Å². The average Bonchev–Trinajstić information content (AvgIpc) is 2.78. The van der Waals surface area contributed by atoms with Crippen LogP contribution in [0.2, 0.25) is 0 Å². The predicted molar refractivity (Wildman–Crippen MR) is 122 cm³/mol. The van der Waals surface area contributed by atoms with Crippen LogP contribution in [0.15, 0.2) is 41.3 Å². The fourth-order valence-electron chi connectivity index (χ4n) is 3.68. The summed E-state index contributed by atoms with van der Waals surface area (Å²) in [5, 5.41) is 2.49. The van der Waals surface area contributed by atoms with Crippen LogP contribution in [0.4, 0.5) is 4.39 Å². The van der Waals surface area contributed by atoms with Crippen molar-refractivity contribution in [1.29, 1.82) is 0 Å². The average molecular weight is 477 g/mol. The molecule has 0 atom stereocenters. The fourth-order valence-corrected chi connectivity index (χ4v) is 5.47. The zero-order valence-corrected chi connectivity index (χ0v) is 19.9. The number of nitrogens with one attached hydrogen (secondary N) is 1. The molecule has 1 saturated heterocycles. The van der Waals surface area contributed by atoms with Crippen LogP contribution in [-0.4, -0.2) is 44.3 Å². The van der Waals surface area contributed by atoms with Gasteiger partial charge in [0, 0.05) is 25.2 Å². The first-order valence-corrected chi connectivity index (χ1v) is 12.3. The number of sulfonamides is 1. The first-order chi connectivity index (χ1) is 15.6. The monoisotopic (exact) mass is 476 g/mol. The van der Waals surface area contributed by atoms with Gasteiger partial charge in [0.2, 0.25) is 10.0 Å². The Balaban J connectivity index is 1.67. The molecule has 1 heterocycles. The third-order valence-corrected chi connectivity index (χ3v) is 8.01. The Morgan fingerprint density at radius 2 is 1.82 bits per heavy atom. The Hall–Kier alpha value is -2.78. The number of aryl methyl sites for hydroxylation is 1. The SMILES string of the molecule is Cc1cc(C(=O)OCC(=O)NCc2ccccc2F)cc(S(=O)(=O)N2CCC(C)CC2)c1C. The van der Waals surface area contributed by atoms with E-state index in [4.69, 9.17) is 4.74 Å². The van der Waals surface area contributed by atoms with Crippen LogP contribution in [0.1, 0.15) is 46.8 Å². The number of rotatable bonds is 7. The van der Waals surface area contributed by atoms with Crippen molar-refractivity contribution in [3.8, 4) is 0 Å². The van der Waals surface area contributed by atoms with Crippen molar-refractivity contribution in [3.05, 3.63) is 64.5 Å². The van der Waals surface area contributed by atoms with Crippen LogP contribution < -0.4 is 5.32 Å². The van der Waals surface area contributed by atoms with Crippen LogP contribution >= 0.6 is 0 Å². The number of esters is 1. The number of benzene rings is 2. The Morgan fingerprint density at radius 3 is 2.48 bits per heavy atom. The molecule has 0 aliphatic carbocycles. The van der Waals surface area contributed by atoms with Crippen LogP contribution in [0.25, 0.3) is 0 Å². The Bertz CT molecular complexity index is 1140. The van der Waals surface area contributed by atoms with Gasteiger partial charge in [-0.2, -0.15) is 4.31 Å². The maximum Gasteiger partial charge on any atom is 0.338 e. The smallest absolute Gasteiger partial charge is 0.338 e. The lowest BCUT2D eigenvalue weighted by atomic mass is 10.0. The van der Waals surface area contributed by atoms with Crippen molar-refractivity contribution in [1.82, 2.24) is 9.62 Å². The lowest BCUT2D eigenvalue weighted by Gasteiger charge is -2.30. The zero-order chi connectivity index (χ0) is 24.2. The van der Waals surface area contributed by atoms with E-state index in [0.29, 0.717) is 35.7 Å². The third-order valence-electron chi connectivity index (χ3n) is 5.98. The summed E-state index contributed by atoms with van der Waals surface area (Å²) in [6.45, 7) is 5.82. The van der Waals surface area contributed by atoms with Gasteiger partial charge in [0.25, 0.3) is 5.91 Å². The van der Waals surface area contributed by atoms with E-state index in [-0.39, 0.29) is 17.0 Å². The molecule has 1 fully saturated rings. The number of hydrogen-bond donors (Lipinski definition) is 1. The van der Waals surface area contributed by atoms with Crippen molar-refractivity contribution >= 4 is 21.9 Å². The van der Waals surface area contributed by atoms with Gasteiger partial charge in [0.05, 0.1) is 10.5 Å². The highest BCUT2D eigenvalue weighted by Crippen LogP contribution is 2.28. The lowest BCUT2D eigenvalue weighted by Crippen LogP contribution is -2.38. The van der Waals surface area contributed by atoms with Gasteiger partial charge in [-0.1, -0.05) is 25.1 Å². The standard InChI is InChI=1S/C24H29FN2O5S/c1-16-8-10-27(11-9-16)33(30,31)22-13-20(12-17(2)18(22)3)24(29)32-15-23(28)26-14-19-6-4-5-7-21(19)25/h4-7,12-13,16H,8-11,14-15H2,1-3H3,(H,26,28). The van der Waals surface area contributed by atoms with Crippen LogP contribution in [-0.2, 0) is 26.1 Å². The maximum absolute atomic E-state index is 13.6. The minimum absolute atomic E-state index is 0.0382. The molecule has 2 aromatic carbocycles. The van der Waals surface area contributed by atoms with E-state index in [2.05, 4.69) is 12.2 Å². The minimum atomic E-state index is -3.76. The van der Waals surface area contributed by atoms with Gasteiger partial charge in [0.15, 0.2) is 6.61 Å². The minimum Gasteiger partial charge on any atom is -0.452 e. The first kappa shape index (κ1) is 24.9. The van der Waals surface area contributed by atoms with Crippen molar-refractivity contribution in [2.75, 3.05) is 19.7 Å². The van der Waals surface area contributed by atoms with E-state index >= 15 is 0 Å². The molecule has 0 aromatic heterocycles. The van der Waals surface area contributed by atoms with Gasteiger partial charge in [-0.3, -0.25) is 4.79 Å². The number of carbonyl (C=O) groups excluding carboxylic acids is 2. The number of nitrogens with zero attached hydrogens (tertiary/aromatic N) is 1. The van der Waals surface area contributed by atoms with Gasteiger partial charge < -0.3 is 10.1 Å². The zero-order valence-electron chi connectivity index (χ0n) is 19.1. The van der Waals surface area contributed by atoms with Gasteiger partial charge in [-0.25, -0.2) is 17.6 Å². The summed E-state index contributed by atoms with van der Waals surface area (Å²) in [5.41, 5.74) is 1.59. The number of ether oxygens (including phenoxy) is 1. The van der Waals surface area contributed by atoms with E-state index in [1.807, 2.05) is 0 Å². The molecular weight excluding hydrogens is 447 g/mol. The van der Waals surface area contributed by atoms with Crippen LogP contribution in [0, 0.1) is 25.6 Å². The second-order valence-electron chi connectivity index (χ2n) is 8.45. The molecule has 1 aliphatic heterocycles. The normalized spacial score (nSPS) is 15.3. The molecule has 0 bridgehead atoms. The Morgan fingerprint density at radius 1 is 1.15 bits per heavy atom. The molecule has 1 aliphatic rings. The number of halogens is 1. The second kappa shape index (κ2) is 10.4. The van der Waals surface area contributed by atoms with E-state index in [1.54, 1.807) is 38.1 Å². The van der Waals surface area contributed by atoms with Crippen LogP contribution in [0.3, 0.4) is 0 Å². The predicted octanol–water partition coefficient (Wildman–Crippen LogP) is 3.34. The highest BCUT2D eigenvalue weighted by atomic mass is 32.2. The summed E-state index contributed by atoms with van der Waals surface area (Å²) >= 11 is 0. The number of carbonyl (C=O) groups is 2. The summed E-state index contributed by atoms with van der Waals surface area (Å²) in [6, 6.07) is 8.90. The van der Waals surface area contributed by atoms with E-state index in [9.17, 15) is 22.4 Å². The molecule has 0 saturated carbocycles. The molecule has 2 aromatic rings. The summed E-state index contributed by atoms with van der Waals surface area (Å²) < 4.78 is 46.6. The van der Waals surface area contributed by atoms with Gasteiger partial charge in [0.1, 0.15) is 5.82 Å². The number of hydrogen-bond acceptors (Lipinski definition) is 5. The molecule has 0 radical (unpaired) electrons. The summed E-state index contributed by atoms with van der Waals surface area (Å²) in [4.78, 5) is 24.7. The van der Waals surface area contributed by atoms with Crippen molar-refractivity contribution < 1.29 is 27.1 Å². The van der Waals surface area contributed by atoms with Crippen LogP contribution in [0.5, 0.6) is 0 Å². The maximum atomic E-state index is 13.6. The molecule has 1 N–H and O–H groups in total. The third kappa shape index (κ3) is 5.97. The Labute approximate surface area is 194 Å². The molecule has 7 nitrogen and oxygen atoms in total. The van der Waals surface area contributed by atoms with E-state index < -0.39 is 34.3 Å². The van der Waals surface area contributed by atoms with Crippen molar-refractivity contribution in [2.24, 2.45) is 5.92 Å². The highest BCUT2D eigenvalue weighted by molar-refractivity contribution is 7.89. The molecule has 33 heavy (non-hydrogen) atoms. The quantitative estimate of drug-likeness (QED) is 0.619. The van der Waals surface area contributed by atoms with Gasteiger partial charge >= 0.3 is 5.97 Å². The first-order valence-electron chi connectivity index (χ1n) is 10.9.